The van der Waals surface area contributed by atoms with E-state index in [1.807, 2.05) is 82.3 Å². The van der Waals surface area contributed by atoms with Gasteiger partial charge in [-0.05, 0) is 68.7 Å². The molecule has 8 nitrogen and oxygen atoms in total. The van der Waals surface area contributed by atoms with Crippen LogP contribution in [0.3, 0.4) is 0 Å². The zero-order chi connectivity index (χ0) is 30.4. The highest BCUT2D eigenvalue weighted by molar-refractivity contribution is 9.10. The Labute approximate surface area is 251 Å². The fourth-order valence-corrected chi connectivity index (χ4v) is 5.49. The molecular weight excluding hydrogens is 606 g/mol. The summed E-state index contributed by atoms with van der Waals surface area (Å²) in [6.45, 7) is 7.05. The SMILES string of the molecule is COc1ccc(C)cc1N(CC(=O)N(Cc1ccc(Br)cc1)C(Cc1ccccc1)C(=O)NC(C)(C)C)S(C)(=O)=O. The average molecular weight is 645 g/mol. The van der Waals surface area contributed by atoms with Crippen molar-refractivity contribution in [3.63, 3.8) is 0 Å². The Kier molecular flexibility index (Phi) is 10.6. The van der Waals surface area contributed by atoms with Gasteiger partial charge < -0.3 is 15.0 Å². The third-order valence-electron chi connectivity index (χ3n) is 6.32. The molecule has 0 spiro atoms. The molecule has 0 aliphatic carbocycles. The standard InChI is InChI=1S/C31H38BrN3O5S/c1-22-12-17-28(40-5)26(18-22)35(41(6,38)39)21-29(36)34(20-24-13-15-25(32)16-14-24)27(30(37)33-31(2,3)4)19-23-10-8-7-9-11-23/h7-18,27H,19-21H2,1-6H3,(H,33,37). The summed E-state index contributed by atoms with van der Waals surface area (Å²) in [5.74, 6) is -0.530. The summed E-state index contributed by atoms with van der Waals surface area (Å²) in [6, 6.07) is 21.1. The Bertz CT molecular complexity index is 1460. The van der Waals surface area contributed by atoms with Gasteiger partial charge in [-0.25, -0.2) is 8.42 Å². The van der Waals surface area contributed by atoms with Crippen LogP contribution in [-0.2, 0) is 32.6 Å². The number of carbonyl (C=O) groups is 2. The minimum absolute atomic E-state index is 0.101. The lowest BCUT2D eigenvalue weighted by Gasteiger charge is -2.35. The first-order valence-corrected chi connectivity index (χ1v) is 15.8. The maximum Gasteiger partial charge on any atom is 0.244 e. The third kappa shape index (κ3) is 9.33. The van der Waals surface area contributed by atoms with Crippen LogP contribution in [0.2, 0.25) is 0 Å². The first-order valence-electron chi connectivity index (χ1n) is 13.2. The van der Waals surface area contributed by atoms with Crippen LogP contribution in [0.25, 0.3) is 0 Å². The summed E-state index contributed by atoms with van der Waals surface area (Å²) < 4.78 is 33.5. The number of nitrogens with one attached hydrogen (secondary N) is 1. The molecule has 0 aromatic heterocycles. The van der Waals surface area contributed by atoms with Crippen LogP contribution in [0.1, 0.15) is 37.5 Å². The molecule has 2 amide bonds. The van der Waals surface area contributed by atoms with Crippen LogP contribution < -0.4 is 14.4 Å². The van der Waals surface area contributed by atoms with Gasteiger partial charge >= 0.3 is 0 Å². The predicted molar refractivity (Wildman–Crippen MR) is 166 cm³/mol. The minimum Gasteiger partial charge on any atom is -0.495 e. The summed E-state index contributed by atoms with van der Waals surface area (Å²) in [5, 5.41) is 3.02. The summed E-state index contributed by atoms with van der Waals surface area (Å²) in [4.78, 5) is 29.5. The number of hydrogen-bond acceptors (Lipinski definition) is 5. The number of anilines is 1. The summed E-state index contributed by atoms with van der Waals surface area (Å²) >= 11 is 3.44. The predicted octanol–water partition coefficient (Wildman–Crippen LogP) is 5.09. The van der Waals surface area contributed by atoms with Gasteiger partial charge in [0, 0.05) is 23.0 Å². The second-order valence-electron chi connectivity index (χ2n) is 11.0. The largest absolute Gasteiger partial charge is 0.495 e. The van der Waals surface area contributed by atoms with Gasteiger partial charge in [0.05, 0.1) is 19.1 Å². The zero-order valence-corrected chi connectivity index (χ0v) is 26.8. The van der Waals surface area contributed by atoms with E-state index in [-0.39, 0.29) is 24.6 Å². The van der Waals surface area contributed by atoms with Gasteiger partial charge in [-0.2, -0.15) is 0 Å². The van der Waals surface area contributed by atoms with Crippen molar-refractivity contribution < 1.29 is 22.7 Å². The van der Waals surface area contributed by atoms with E-state index >= 15 is 0 Å². The van der Waals surface area contributed by atoms with E-state index in [1.54, 1.807) is 18.2 Å². The van der Waals surface area contributed by atoms with E-state index < -0.39 is 34.1 Å². The normalized spacial score (nSPS) is 12.4. The fourth-order valence-electron chi connectivity index (χ4n) is 4.38. The molecule has 0 aliphatic heterocycles. The molecule has 220 valence electrons. The van der Waals surface area contributed by atoms with Crippen molar-refractivity contribution in [2.45, 2.75) is 52.2 Å². The van der Waals surface area contributed by atoms with Gasteiger partial charge in [0.1, 0.15) is 18.3 Å². The van der Waals surface area contributed by atoms with Gasteiger partial charge in [-0.1, -0.05) is 64.5 Å². The quantitative estimate of drug-likeness (QED) is 0.314. The van der Waals surface area contributed by atoms with Crippen molar-refractivity contribution in [3.8, 4) is 5.75 Å². The molecule has 0 bridgehead atoms. The Morgan fingerprint density at radius 3 is 2.17 bits per heavy atom. The van der Waals surface area contributed by atoms with Gasteiger partial charge in [-0.3, -0.25) is 13.9 Å². The van der Waals surface area contributed by atoms with Crippen molar-refractivity contribution in [2.24, 2.45) is 0 Å². The van der Waals surface area contributed by atoms with Crippen molar-refractivity contribution in [1.82, 2.24) is 10.2 Å². The fraction of sp³-hybridized carbons (Fsp3) is 0.355. The van der Waals surface area contributed by atoms with Crippen molar-refractivity contribution in [1.29, 1.82) is 0 Å². The summed E-state index contributed by atoms with van der Waals surface area (Å²) in [6.07, 6.45) is 1.30. The van der Waals surface area contributed by atoms with Crippen molar-refractivity contribution >= 4 is 43.5 Å². The maximum absolute atomic E-state index is 14.2. The zero-order valence-electron chi connectivity index (χ0n) is 24.3. The van der Waals surface area contributed by atoms with E-state index in [2.05, 4.69) is 21.2 Å². The van der Waals surface area contributed by atoms with E-state index in [9.17, 15) is 18.0 Å². The smallest absolute Gasteiger partial charge is 0.244 e. The molecule has 10 heteroatoms. The van der Waals surface area contributed by atoms with Crippen LogP contribution in [0, 0.1) is 6.92 Å². The van der Waals surface area contributed by atoms with Crippen molar-refractivity contribution in [3.05, 3.63) is 94.0 Å². The first-order chi connectivity index (χ1) is 19.2. The summed E-state index contributed by atoms with van der Waals surface area (Å²) in [7, 11) is -2.46. The van der Waals surface area contributed by atoms with Gasteiger partial charge in [0.15, 0.2) is 0 Å². The number of amides is 2. The molecule has 1 unspecified atom stereocenters. The molecule has 1 atom stereocenters. The third-order valence-corrected chi connectivity index (χ3v) is 7.97. The highest BCUT2D eigenvalue weighted by Gasteiger charge is 2.35. The Hall–Kier alpha value is -3.37. The van der Waals surface area contributed by atoms with Crippen LogP contribution in [0.4, 0.5) is 5.69 Å². The van der Waals surface area contributed by atoms with E-state index in [0.717, 1.165) is 31.7 Å². The molecule has 0 heterocycles. The van der Waals surface area contributed by atoms with Crippen LogP contribution >= 0.6 is 15.9 Å². The number of hydrogen-bond donors (Lipinski definition) is 1. The number of sulfonamides is 1. The van der Waals surface area contributed by atoms with Crippen LogP contribution in [0.5, 0.6) is 5.75 Å². The Morgan fingerprint density at radius 1 is 0.976 bits per heavy atom. The van der Waals surface area contributed by atoms with Crippen LogP contribution in [-0.4, -0.2) is 56.6 Å². The monoisotopic (exact) mass is 643 g/mol. The molecule has 1 N–H and O–H groups in total. The number of rotatable bonds is 11. The van der Waals surface area contributed by atoms with E-state index in [4.69, 9.17) is 4.74 Å². The number of carbonyl (C=O) groups excluding carboxylic acids is 2. The minimum atomic E-state index is -3.91. The Balaban J connectivity index is 2.11. The number of aryl methyl sites for hydroxylation is 1. The van der Waals surface area contributed by atoms with Gasteiger partial charge in [0.25, 0.3) is 0 Å². The van der Waals surface area contributed by atoms with Crippen LogP contribution in [0.15, 0.2) is 77.3 Å². The number of ether oxygens (including phenoxy) is 1. The molecule has 0 radical (unpaired) electrons. The topological polar surface area (TPSA) is 96.0 Å². The highest BCUT2D eigenvalue weighted by Crippen LogP contribution is 2.31. The van der Waals surface area contributed by atoms with Gasteiger partial charge in [0.2, 0.25) is 21.8 Å². The number of benzene rings is 3. The Morgan fingerprint density at radius 2 is 1.61 bits per heavy atom. The molecule has 41 heavy (non-hydrogen) atoms. The first kappa shape index (κ1) is 32.1. The molecule has 3 rings (SSSR count). The molecule has 3 aromatic rings. The lowest BCUT2D eigenvalue weighted by atomic mass is 10.0. The van der Waals surface area contributed by atoms with Crippen molar-refractivity contribution in [2.75, 3.05) is 24.2 Å². The summed E-state index contributed by atoms with van der Waals surface area (Å²) in [5.41, 5.74) is 2.18. The lowest BCUT2D eigenvalue weighted by Crippen LogP contribution is -2.56. The van der Waals surface area contributed by atoms with E-state index in [1.165, 1.54) is 12.0 Å². The highest BCUT2D eigenvalue weighted by atomic mass is 79.9. The molecule has 0 saturated heterocycles. The molecule has 0 saturated carbocycles. The number of halogens is 1. The average Bonchev–Trinajstić information content (AvgIpc) is 2.89. The maximum atomic E-state index is 14.2. The molecular formula is C31H38BrN3O5S. The second-order valence-corrected chi connectivity index (χ2v) is 13.9. The molecule has 3 aromatic carbocycles. The molecule has 0 aliphatic rings. The number of methoxy groups -OCH3 is 1. The number of nitrogens with zero attached hydrogens (tertiary/aromatic N) is 2. The van der Waals surface area contributed by atoms with E-state index in [0.29, 0.717) is 5.75 Å². The van der Waals surface area contributed by atoms with Gasteiger partial charge in [-0.15, -0.1) is 0 Å². The lowest BCUT2D eigenvalue weighted by molar-refractivity contribution is -0.140. The second kappa shape index (κ2) is 13.5. The molecule has 0 fully saturated rings.